The van der Waals surface area contributed by atoms with Gasteiger partial charge in [0.1, 0.15) is 17.5 Å². The van der Waals surface area contributed by atoms with E-state index in [9.17, 15) is 0 Å². The molecule has 0 amide bonds. The fraction of sp³-hybridized carbons (Fsp3) is 0.647. The number of aromatic amines is 1. The van der Waals surface area contributed by atoms with Crippen LogP contribution in [0.1, 0.15) is 36.0 Å². The van der Waals surface area contributed by atoms with Crippen molar-refractivity contribution in [1.82, 2.24) is 30.0 Å². The molecule has 24 heavy (non-hydrogen) atoms. The summed E-state index contributed by atoms with van der Waals surface area (Å²) in [6.45, 7) is 10.2. The van der Waals surface area contributed by atoms with Gasteiger partial charge in [-0.15, -0.1) is 0 Å². The highest BCUT2D eigenvalue weighted by Gasteiger charge is 2.55. The largest absolute Gasteiger partial charge is 0.355 e. The fourth-order valence-electron chi connectivity index (χ4n) is 4.24. The molecule has 1 spiro atoms. The van der Waals surface area contributed by atoms with Gasteiger partial charge in [0, 0.05) is 49.3 Å². The summed E-state index contributed by atoms with van der Waals surface area (Å²) < 4.78 is 0. The molecule has 0 aliphatic carbocycles. The maximum atomic E-state index is 4.64. The standard InChI is InChI=1S/C17H25N7/c1-5-13-6-15(19-11(2)18-13)24-9-17(10-24)8-23(4)7-14(17)16-20-12(3)21-22-16/h6,14H,5,7-10H2,1-4H3,(H,20,21,22). The van der Waals surface area contributed by atoms with Gasteiger partial charge in [-0.2, -0.15) is 5.10 Å². The van der Waals surface area contributed by atoms with Gasteiger partial charge in [-0.25, -0.2) is 15.0 Å². The first-order valence-corrected chi connectivity index (χ1v) is 8.66. The van der Waals surface area contributed by atoms with Crippen LogP contribution in [0.3, 0.4) is 0 Å². The molecule has 2 aliphatic rings. The van der Waals surface area contributed by atoms with E-state index >= 15 is 0 Å². The molecule has 1 atom stereocenters. The number of rotatable bonds is 3. The van der Waals surface area contributed by atoms with Crippen molar-refractivity contribution < 1.29 is 0 Å². The molecular formula is C17H25N7. The first-order chi connectivity index (χ1) is 11.5. The van der Waals surface area contributed by atoms with Crippen LogP contribution < -0.4 is 4.90 Å². The maximum absolute atomic E-state index is 4.64. The Balaban J connectivity index is 1.57. The predicted octanol–water partition coefficient (Wildman–Crippen LogP) is 1.31. The van der Waals surface area contributed by atoms with Crippen molar-refractivity contribution in [2.24, 2.45) is 5.41 Å². The van der Waals surface area contributed by atoms with Crippen LogP contribution in [0, 0.1) is 19.3 Å². The molecule has 1 N–H and O–H groups in total. The third-order valence-electron chi connectivity index (χ3n) is 5.32. The first kappa shape index (κ1) is 15.5. The third-order valence-corrected chi connectivity index (χ3v) is 5.32. The molecule has 4 rings (SSSR count). The summed E-state index contributed by atoms with van der Waals surface area (Å²) in [5.74, 6) is 4.16. The lowest BCUT2D eigenvalue weighted by molar-refractivity contribution is 0.192. The molecule has 1 unspecified atom stereocenters. The van der Waals surface area contributed by atoms with Crippen molar-refractivity contribution in [1.29, 1.82) is 0 Å². The lowest BCUT2D eigenvalue weighted by Crippen LogP contribution is -2.60. The second-order valence-electron chi connectivity index (χ2n) is 7.37. The molecule has 0 aromatic carbocycles. The molecule has 2 fully saturated rings. The van der Waals surface area contributed by atoms with Crippen LogP contribution in [0.25, 0.3) is 0 Å². The summed E-state index contributed by atoms with van der Waals surface area (Å²) in [5.41, 5.74) is 1.34. The second kappa shape index (κ2) is 5.51. The Morgan fingerprint density at radius 1 is 1.21 bits per heavy atom. The summed E-state index contributed by atoms with van der Waals surface area (Å²) in [6, 6.07) is 2.13. The zero-order valence-electron chi connectivity index (χ0n) is 14.9. The Morgan fingerprint density at radius 2 is 2.00 bits per heavy atom. The number of nitrogens with zero attached hydrogens (tertiary/aromatic N) is 6. The lowest BCUT2D eigenvalue weighted by Gasteiger charge is -2.51. The highest BCUT2D eigenvalue weighted by molar-refractivity contribution is 5.46. The first-order valence-electron chi connectivity index (χ1n) is 8.66. The average molecular weight is 327 g/mol. The minimum absolute atomic E-state index is 0.231. The van der Waals surface area contributed by atoms with Crippen molar-refractivity contribution in [2.75, 3.05) is 38.1 Å². The van der Waals surface area contributed by atoms with E-state index in [0.717, 1.165) is 61.6 Å². The number of nitrogens with one attached hydrogen (secondary N) is 1. The van der Waals surface area contributed by atoms with Crippen LogP contribution in [-0.4, -0.2) is 63.3 Å². The normalized spacial score (nSPS) is 23.0. The van der Waals surface area contributed by atoms with Crippen LogP contribution in [0.15, 0.2) is 6.07 Å². The van der Waals surface area contributed by atoms with Crippen molar-refractivity contribution in [3.63, 3.8) is 0 Å². The number of anilines is 1. The van der Waals surface area contributed by atoms with Gasteiger partial charge in [-0.3, -0.25) is 5.10 Å². The van der Waals surface area contributed by atoms with Crippen molar-refractivity contribution >= 4 is 5.82 Å². The number of H-pyrrole nitrogens is 1. The van der Waals surface area contributed by atoms with Crippen LogP contribution >= 0.6 is 0 Å². The van der Waals surface area contributed by atoms with Gasteiger partial charge in [0.05, 0.1) is 0 Å². The zero-order chi connectivity index (χ0) is 16.9. The highest BCUT2D eigenvalue weighted by Crippen LogP contribution is 2.48. The minimum atomic E-state index is 0.231. The molecule has 2 aromatic rings. The van der Waals surface area contributed by atoms with Gasteiger partial charge in [0.2, 0.25) is 0 Å². The quantitative estimate of drug-likeness (QED) is 0.916. The number of hydrogen-bond acceptors (Lipinski definition) is 6. The van der Waals surface area contributed by atoms with Crippen molar-refractivity contribution in [2.45, 2.75) is 33.1 Å². The van der Waals surface area contributed by atoms with Crippen molar-refractivity contribution in [3.05, 3.63) is 29.2 Å². The van der Waals surface area contributed by atoms with Gasteiger partial charge in [0.15, 0.2) is 5.82 Å². The minimum Gasteiger partial charge on any atom is -0.355 e. The van der Waals surface area contributed by atoms with Gasteiger partial charge < -0.3 is 9.80 Å². The van der Waals surface area contributed by atoms with E-state index < -0.39 is 0 Å². The van der Waals surface area contributed by atoms with Gasteiger partial charge in [-0.1, -0.05) is 6.92 Å². The molecule has 2 aromatic heterocycles. The summed E-state index contributed by atoms with van der Waals surface area (Å²) in [4.78, 5) is 18.5. The number of hydrogen-bond donors (Lipinski definition) is 1. The van der Waals surface area contributed by atoms with Crippen LogP contribution in [-0.2, 0) is 6.42 Å². The molecule has 0 bridgehead atoms. The topological polar surface area (TPSA) is 73.8 Å². The van der Waals surface area contributed by atoms with E-state index in [1.807, 2.05) is 13.8 Å². The average Bonchev–Trinajstić information content (AvgIpc) is 3.08. The van der Waals surface area contributed by atoms with E-state index in [4.69, 9.17) is 0 Å². The second-order valence-corrected chi connectivity index (χ2v) is 7.37. The highest BCUT2D eigenvalue weighted by atomic mass is 15.3. The summed E-state index contributed by atoms with van der Waals surface area (Å²) in [6.07, 6.45) is 0.942. The van der Waals surface area contributed by atoms with Crippen LogP contribution in [0.2, 0.25) is 0 Å². The van der Waals surface area contributed by atoms with Gasteiger partial charge in [-0.05, 0) is 27.3 Å². The molecule has 2 saturated heterocycles. The Kier molecular flexibility index (Phi) is 3.56. The van der Waals surface area contributed by atoms with Crippen molar-refractivity contribution in [3.8, 4) is 0 Å². The van der Waals surface area contributed by atoms with E-state index in [1.54, 1.807) is 0 Å². The smallest absolute Gasteiger partial charge is 0.155 e. The van der Waals surface area contributed by atoms with Gasteiger partial charge >= 0.3 is 0 Å². The predicted molar refractivity (Wildman–Crippen MR) is 92.2 cm³/mol. The molecule has 0 saturated carbocycles. The molecule has 7 heteroatoms. The van der Waals surface area contributed by atoms with Gasteiger partial charge in [0.25, 0.3) is 0 Å². The summed E-state index contributed by atoms with van der Waals surface area (Å²) in [7, 11) is 2.19. The maximum Gasteiger partial charge on any atom is 0.155 e. The number of aromatic nitrogens is 5. The fourth-order valence-corrected chi connectivity index (χ4v) is 4.24. The molecule has 128 valence electrons. The van der Waals surface area contributed by atoms with Crippen LogP contribution in [0.4, 0.5) is 5.82 Å². The van der Waals surface area contributed by atoms with E-state index in [0.29, 0.717) is 5.92 Å². The number of likely N-dealkylation sites (N-methyl/N-ethyl adjacent to an activating group) is 1. The molecule has 2 aliphatic heterocycles. The zero-order valence-corrected chi connectivity index (χ0v) is 14.9. The molecule has 4 heterocycles. The van der Waals surface area contributed by atoms with E-state index in [2.05, 4.69) is 55.0 Å². The summed E-state index contributed by atoms with van der Waals surface area (Å²) >= 11 is 0. The van der Waals surface area contributed by atoms with E-state index in [1.165, 1.54) is 0 Å². The lowest BCUT2D eigenvalue weighted by atomic mass is 9.71. The Labute approximate surface area is 142 Å². The Morgan fingerprint density at radius 3 is 2.67 bits per heavy atom. The van der Waals surface area contributed by atoms with Crippen LogP contribution in [0.5, 0.6) is 0 Å². The number of likely N-dealkylation sites (tertiary alicyclic amines) is 1. The monoisotopic (exact) mass is 327 g/mol. The SMILES string of the molecule is CCc1cc(N2CC3(CN(C)CC3c3n[nH]c(C)n3)C2)nc(C)n1. The summed E-state index contributed by atoms with van der Waals surface area (Å²) in [5, 5.41) is 7.44. The molecular weight excluding hydrogens is 302 g/mol. The molecule has 0 radical (unpaired) electrons. The molecule has 7 nitrogen and oxygen atoms in total. The number of aryl methyl sites for hydroxylation is 3. The Bertz CT molecular complexity index is 747. The Hall–Kier alpha value is -2.02. The van der Waals surface area contributed by atoms with E-state index in [-0.39, 0.29) is 5.41 Å². The third kappa shape index (κ3) is 2.47.